The summed E-state index contributed by atoms with van der Waals surface area (Å²) in [6.07, 6.45) is 4.45. The number of unbranched alkanes of at least 4 members (excludes halogenated alkanes) is 3. The fourth-order valence-electron chi connectivity index (χ4n) is 1.34. The summed E-state index contributed by atoms with van der Waals surface area (Å²) in [5, 5.41) is 0. The molecule has 0 N–H and O–H groups in total. The van der Waals surface area contributed by atoms with Crippen molar-refractivity contribution < 1.29 is 9.13 Å². The lowest BCUT2D eigenvalue weighted by Crippen LogP contribution is -1.98. The molecule has 0 radical (unpaired) electrons. The zero-order chi connectivity index (χ0) is 11.8. The highest BCUT2D eigenvalue weighted by atomic mass is 79.9. The third kappa shape index (κ3) is 5.21. The van der Waals surface area contributed by atoms with E-state index in [1.165, 1.54) is 18.6 Å². The summed E-state index contributed by atoms with van der Waals surface area (Å²) in [7, 11) is 0. The topological polar surface area (TPSA) is 9.23 Å². The highest BCUT2D eigenvalue weighted by Gasteiger charge is 2.02. The van der Waals surface area contributed by atoms with Gasteiger partial charge in [-0.15, -0.1) is 0 Å². The number of hydrogen-bond acceptors (Lipinski definition) is 2. The lowest BCUT2D eigenvalue weighted by atomic mass is 10.2. The summed E-state index contributed by atoms with van der Waals surface area (Å²) < 4.78 is 19.2. The quantitative estimate of drug-likeness (QED) is 0.578. The van der Waals surface area contributed by atoms with Crippen LogP contribution in [0, 0.1) is 5.82 Å². The minimum atomic E-state index is -0.270. The normalized spacial score (nSPS) is 10.4. The van der Waals surface area contributed by atoms with E-state index >= 15 is 0 Å². The molecule has 0 aliphatic heterocycles. The molecule has 4 heteroatoms. The molecule has 0 spiro atoms. The van der Waals surface area contributed by atoms with Crippen molar-refractivity contribution in [1.29, 1.82) is 0 Å². The zero-order valence-electron chi connectivity index (χ0n) is 9.09. The lowest BCUT2D eigenvalue weighted by Gasteiger charge is -2.07. The molecule has 0 atom stereocenters. The van der Waals surface area contributed by atoms with Gasteiger partial charge in [0.2, 0.25) is 0 Å². The van der Waals surface area contributed by atoms with Gasteiger partial charge in [0.25, 0.3) is 0 Å². The Kier molecular flexibility index (Phi) is 6.88. The first-order valence-electron chi connectivity index (χ1n) is 5.43. The van der Waals surface area contributed by atoms with Crippen molar-refractivity contribution in [3.8, 4) is 5.75 Å². The summed E-state index contributed by atoms with van der Waals surface area (Å²) in [6.45, 7) is 0.634. The number of ether oxygens (including phenoxy) is 1. The van der Waals surface area contributed by atoms with Crippen LogP contribution in [0.2, 0.25) is 0 Å². The maximum absolute atomic E-state index is 12.9. The first-order valence-corrected chi connectivity index (χ1v) is 6.85. The summed E-state index contributed by atoms with van der Waals surface area (Å²) >= 11 is 7.47. The zero-order valence-corrected chi connectivity index (χ0v) is 11.6. The van der Waals surface area contributed by atoms with E-state index in [-0.39, 0.29) is 5.82 Å². The number of benzene rings is 1. The minimum Gasteiger partial charge on any atom is -0.492 e. The highest BCUT2D eigenvalue weighted by molar-refractivity contribution is 9.10. The van der Waals surface area contributed by atoms with Crippen molar-refractivity contribution in [2.24, 2.45) is 0 Å². The van der Waals surface area contributed by atoms with Crippen LogP contribution in [0.5, 0.6) is 5.75 Å². The fourth-order valence-corrected chi connectivity index (χ4v) is 1.92. The van der Waals surface area contributed by atoms with Crippen molar-refractivity contribution in [2.75, 3.05) is 12.4 Å². The van der Waals surface area contributed by atoms with Crippen LogP contribution < -0.4 is 4.74 Å². The van der Waals surface area contributed by atoms with Crippen LogP contribution in [-0.2, 0) is 0 Å². The summed E-state index contributed by atoms with van der Waals surface area (Å²) in [5.41, 5.74) is 0. The molecular weight excluding hydrogens is 291 g/mol. The molecule has 1 nitrogen and oxygen atoms in total. The highest BCUT2D eigenvalue weighted by Crippen LogP contribution is 2.25. The maximum atomic E-state index is 12.9. The van der Waals surface area contributed by atoms with Gasteiger partial charge in [-0.2, -0.15) is 12.6 Å². The second-order valence-electron chi connectivity index (χ2n) is 3.56. The molecule has 0 amide bonds. The predicted octanol–water partition coefficient (Wildman–Crippen LogP) is 4.46. The number of thiol groups is 1. The van der Waals surface area contributed by atoms with Crippen LogP contribution in [0.25, 0.3) is 0 Å². The predicted molar refractivity (Wildman–Crippen MR) is 71.9 cm³/mol. The van der Waals surface area contributed by atoms with Gasteiger partial charge in [0.1, 0.15) is 11.6 Å². The third-order valence-electron chi connectivity index (χ3n) is 2.20. The second kappa shape index (κ2) is 7.96. The van der Waals surface area contributed by atoms with Crippen LogP contribution in [0.15, 0.2) is 22.7 Å². The molecule has 1 aromatic rings. The van der Waals surface area contributed by atoms with E-state index in [1.54, 1.807) is 6.07 Å². The minimum absolute atomic E-state index is 0.270. The van der Waals surface area contributed by atoms with Crippen molar-refractivity contribution in [2.45, 2.75) is 25.7 Å². The molecule has 0 aliphatic carbocycles. The van der Waals surface area contributed by atoms with Gasteiger partial charge < -0.3 is 4.74 Å². The Hall–Kier alpha value is -0.220. The Bertz CT molecular complexity index is 320. The van der Waals surface area contributed by atoms with Crippen LogP contribution in [-0.4, -0.2) is 12.4 Å². The summed E-state index contributed by atoms with van der Waals surface area (Å²) in [4.78, 5) is 0. The van der Waals surface area contributed by atoms with Gasteiger partial charge >= 0.3 is 0 Å². The van der Waals surface area contributed by atoms with Crippen molar-refractivity contribution in [1.82, 2.24) is 0 Å². The molecule has 0 bridgehead atoms. The van der Waals surface area contributed by atoms with Crippen LogP contribution in [0.3, 0.4) is 0 Å². The van der Waals surface area contributed by atoms with E-state index < -0.39 is 0 Å². The van der Waals surface area contributed by atoms with Gasteiger partial charge in [-0.3, -0.25) is 0 Å². The van der Waals surface area contributed by atoms with Crippen molar-refractivity contribution in [3.05, 3.63) is 28.5 Å². The number of rotatable bonds is 7. The molecule has 0 fully saturated rings. The third-order valence-corrected chi connectivity index (χ3v) is 3.17. The van der Waals surface area contributed by atoms with Gasteiger partial charge in [0.05, 0.1) is 11.1 Å². The lowest BCUT2D eigenvalue weighted by molar-refractivity contribution is 0.302. The van der Waals surface area contributed by atoms with Gasteiger partial charge in [-0.25, -0.2) is 4.39 Å². The molecule has 0 saturated carbocycles. The number of hydrogen-bond donors (Lipinski definition) is 1. The molecule has 0 unspecified atom stereocenters. The van der Waals surface area contributed by atoms with E-state index in [0.29, 0.717) is 12.4 Å². The van der Waals surface area contributed by atoms with Crippen LogP contribution >= 0.6 is 28.6 Å². The van der Waals surface area contributed by atoms with Crippen LogP contribution in [0.1, 0.15) is 25.7 Å². The average Bonchev–Trinajstić information content (AvgIpc) is 2.28. The van der Waals surface area contributed by atoms with Gasteiger partial charge in [-0.05, 0) is 46.7 Å². The Morgan fingerprint density at radius 2 is 1.94 bits per heavy atom. The Labute approximate surface area is 110 Å². The van der Waals surface area contributed by atoms with E-state index in [4.69, 9.17) is 4.74 Å². The Balaban J connectivity index is 2.23. The SMILES string of the molecule is Fc1ccc(Br)c(OCCCCCCS)c1. The monoisotopic (exact) mass is 306 g/mol. The molecule has 0 saturated heterocycles. The van der Waals surface area contributed by atoms with Crippen molar-refractivity contribution >= 4 is 28.6 Å². The van der Waals surface area contributed by atoms with E-state index in [0.717, 1.165) is 29.5 Å². The average molecular weight is 307 g/mol. The van der Waals surface area contributed by atoms with E-state index in [9.17, 15) is 4.39 Å². The maximum Gasteiger partial charge on any atom is 0.136 e. The standard InChI is InChI=1S/C12H16BrFOS/c13-11-6-5-10(14)9-12(11)15-7-3-1-2-4-8-16/h5-6,9,16H,1-4,7-8H2. The largest absolute Gasteiger partial charge is 0.492 e. The Morgan fingerprint density at radius 3 is 2.69 bits per heavy atom. The molecule has 0 aliphatic rings. The van der Waals surface area contributed by atoms with Crippen molar-refractivity contribution in [3.63, 3.8) is 0 Å². The van der Waals surface area contributed by atoms with Gasteiger partial charge in [-0.1, -0.05) is 12.8 Å². The van der Waals surface area contributed by atoms with E-state index in [1.807, 2.05) is 0 Å². The van der Waals surface area contributed by atoms with Crippen LogP contribution in [0.4, 0.5) is 4.39 Å². The molecule has 16 heavy (non-hydrogen) atoms. The molecule has 0 aromatic heterocycles. The fraction of sp³-hybridized carbons (Fsp3) is 0.500. The van der Waals surface area contributed by atoms with Gasteiger partial charge in [0, 0.05) is 6.07 Å². The first kappa shape index (κ1) is 13.8. The summed E-state index contributed by atoms with van der Waals surface area (Å²) in [5.74, 6) is 1.25. The smallest absolute Gasteiger partial charge is 0.136 e. The van der Waals surface area contributed by atoms with Gasteiger partial charge in [0.15, 0.2) is 0 Å². The molecule has 0 heterocycles. The molecule has 1 aromatic carbocycles. The summed E-state index contributed by atoms with van der Waals surface area (Å²) in [6, 6.07) is 4.47. The molecule has 1 rings (SSSR count). The second-order valence-corrected chi connectivity index (χ2v) is 4.86. The first-order chi connectivity index (χ1) is 7.74. The molecular formula is C12H16BrFOS. The Morgan fingerprint density at radius 1 is 1.19 bits per heavy atom. The van der Waals surface area contributed by atoms with E-state index in [2.05, 4.69) is 28.6 Å². The molecule has 90 valence electrons. The number of halogens is 2.